The number of hydrogen-bond acceptors (Lipinski definition) is 8. The van der Waals surface area contributed by atoms with E-state index in [-0.39, 0.29) is 25.4 Å². The molecule has 0 saturated carbocycles. The minimum absolute atomic E-state index is 0.0134. The Morgan fingerprint density at radius 1 is 0.919 bits per heavy atom. The van der Waals surface area contributed by atoms with Gasteiger partial charge in [0, 0.05) is 23.3 Å². The Bertz CT molecular complexity index is 834. The summed E-state index contributed by atoms with van der Waals surface area (Å²) in [5.41, 5.74) is 2.03. The Balaban J connectivity index is 0. The maximum absolute atomic E-state index is 11.2. The highest BCUT2D eigenvalue weighted by Gasteiger charge is 2.12. The van der Waals surface area contributed by atoms with E-state index in [1.165, 1.54) is 6.92 Å². The SMILES string of the molecule is C=C(C)C(=O)O.C=C(C)C(=O)OCC(OCC)OCCOCCO.CC(=CCc1ccccc1)C(=O)O. The number of rotatable bonds is 15. The summed E-state index contributed by atoms with van der Waals surface area (Å²) >= 11 is 0. The average Bonchev–Trinajstić information content (AvgIpc) is 2.86. The number of benzene rings is 1. The molecule has 0 aliphatic heterocycles. The molecular formula is C27H40O10. The maximum atomic E-state index is 11.2. The molecule has 0 bridgehead atoms. The third kappa shape index (κ3) is 22.9. The van der Waals surface area contributed by atoms with Gasteiger partial charge in [-0.15, -0.1) is 0 Å². The number of aliphatic carboxylic acids is 2. The largest absolute Gasteiger partial charge is 0.478 e. The van der Waals surface area contributed by atoms with Crippen LogP contribution in [0.3, 0.4) is 0 Å². The highest BCUT2D eigenvalue weighted by atomic mass is 16.7. The summed E-state index contributed by atoms with van der Waals surface area (Å²) in [7, 11) is 0. The summed E-state index contributed by atoms with van der Waals surface area (Å²) in [6.07, 6.45) is 1.78. The molecule has 1 aromatic rings. The van der Waals surface area contributed by atoms with Crippen LogP contribution in [0.15, 0.2) is 66.3 Å². The quantitative estimate of drug-likeness (QED) is 0.135. The molecule has 0 aromatic heterocycles. The van der Waals surface area contributed by atoms with Gasteiger partial charge >= 0.3 is 17.9 Å². The molecule has 0 amide bonds. The van der Waals surface area contributed by atoms with Gasteiger partial charge in [-0.1, -0.05) is 49.6 Å². The second-order valence-electron chi connectivity index (χ2n) is 7.44. The summed E-state index contributed by atoms with van der Waals surface area (Å²) in [4.78, 5) is 31.2. The van der Waals surface area contributed by atoms with Crippen molar-refractivity contribution < 1.29 is 48.7 Å². The van der Waals surface area contributed by atoms with Crippen LogP contribution in [0.5, 0.6) is 0 Å². The first-order valence-electron chi connectivity index (χ1n) is 11.5. The van der Waals surface area contributed by atoms with E-state index < -0.39 is 24.2 Å². The Labute approximate surface area is 218 Å². The van der Waals surface area contributed by atoms with Crippen LogP contribution in [0.1, 0.15) is 33.3 Å². The minimum Gasteiger partial charge on any atom is -0.478 e. The lowest BCUT2D eigenvalue weighted by molar-refractivity contribution is -0.182. The molecule has 0 heterocycles. The first-order valence-corrected chi connectivity index (χ1v) is 11.5. The van der Waals surface area contributed by atoms with E-state index in [2.05, 4.69) is 13.2 Å². The van der Waals surface area contributed by atoms with E-state index in [0.29, 0.717) is 37.4 Å². The fourth-order valence-electron chi connectivity index (χ4n) is 1.97. The van der Waals surface area contributed by atoms with Gasteiger partial charge in [-0.2, -0.15) is 0 Å². The Morgan fingerprint density at radius 3 is 1.97 bits per heavy atom. The average molecular weight is 525 g/mol. The normalized spacial score (nSPS) is 11.1. The van der Waals surface area contributed by atoms with Gasteiger partial charge in [0.2, 0.25) is 0 Å². The van der Waals surface area contributed by atoms with Gasteiger partial charge in [0.05, 0.1) is 26.4 Å². The molecule has 0 aliphatic rings. The molecule has 0 fully saturated rings. The molecule has 0 spiro atoms. The van der Waals surface area contributed by atoms with Crippen molar-refractivity contribution in [3.05, 3.63) is 71.8 Å². The van der Waals surface area contributed by atoms with Crippen LogP contribution in [-0.2, 0) is 39.8 Å². The fraction of sp³-hybridized carbons (Fsp3) is 0.444. The molecule has 0 aliphatic carbocycles. The number of ether oxygens (including phenoxy) is 4. The summed E-state index contributed by atoms with van der Waals surface area (Å²) in [5.74, 6) is -2.26. The highest BCUT2D eigenvalue weighted by Crippen LogP contribution is 2.03. The zero-order valence-corrected chi connectivity index (χ0v) is 22.1. The third-order valence-corrected chi connectivity index (χ3v) is 4.01. The third-order valence-electron chi connectivity index (χ3n) is 4.01. The van der Waals surface area contributed by atoms with Gasteiger partial charge in [0.1, 0.15) is 6.61 Å². The standard InChI is InChI=1S/C12H22O6.C11H12O2.C4H6O2/c1-4-16-11(9-18-12(14)10(2)3)17-8-7-15-6-5-13;1-9(11(12)13)7-8-10-5-3-2-4-6-10;1-3(2)4(5)6/h11,13H,2,4-9H2,1,3H3;2-7H,8H2,1H3,(H,12,13);1H2,2H3,(H,5,6). The van der Waals surface area contributed by atoms with Gasteiger partial charge in [-0.3, -0.25) is 0 Å². The van der Waals surface area contributed by atoms with Crippen LogP contribution in [0, 0.1) is 0 Å². The van der Waals surface area contributed by atoms with Crippen molar-refractivity contribution in [2.75, 3.05) is 39.6 Å². The zero-order valence-electron chi connectivity index (χ0n) is 22.1. The number of carbonyl (C=O) groups is 3. The minimum atomic E-state index is -0.935. The number of hydrogen-bond donors (Lipinski definition) is 3. The van der Waals surface area contributed by atoms with Gasteiger partial charge in [-0.05, 0) is 39.7 Å². The summed E-state index contributed by atoms with van der Waals surface area (Å²) in [5, 5.41) is 25.0. The van der Waals surface area contributed by atoms with Gasteiger partial charge in [0.15, 0.2) is 6.29 Å². The van der Waals surface area contributed by atoms with E-state index in [4.69, 9.17) is 34.3 Å². The van der Waals surface area contributed by atoms with Crippen molar-refractivity contribution in [2.24, 2.45) is 0 Å². The lowest BCUT2D eigenvalue weighted by Crippen LogP contribution is -2.27. The van der Waals surface area contributed by atoms with Crippen molar-refractivity contribution in [1.82, 2.24) is 0 Å². The van der Waals surface area contributed by atoms with Crippen molar-refractivity contribution in [1.29, 1.82) is 0 Å². The predicted octanol–water partition coefficient (Wildman–Crippen LogP) is 3.40. The molecular weight excluding hydrogens is 484 g/mol. The van der Waals surface area contributed by atoms with E-state index in [9.17, 15) is 14.4 Å². The molecule has 10 heteroatoms. The van der Waals surface area contributed by atoms with Crippen molar-refractivity contribution in [3.63, 3.8) is 0 Å². The van der Waals surface area contributed by atoms with Crippen molar-refractivity contribution in [2.45, 2.75) is 40.4 Å². The number of carboxylic acid groups (broad SMARTS) is 2. The second-order valence-corrected chi connectivity index (χ2v) is 7.44. The van der Waals surface area contributed by atoms with E-state index in [1.54, 1.807) is 19.9 Å². The summed E-state index contributed by atoms with van der Waals surface area (Å²) < 4.78 is 20.5. The fourth-order valence-corrected chi connectivity index (χ4v) is 1.97. The monoisotopic (exact) mass is 524 g/mol. The first kappa shape index (κ1) is 35.8. The zero-order chi connectivity index (χ0) is 28.6. The molecule has 10 nitrogen and oxygen atoms in total. The number of carboxylic acids is 2. The molecule has 1 unspecified atom stereocenters. The van der Waals surface area contributed by atoms with Crippen LogP contribution < -0.4 is 0 Å². The Kier molecular flexibility index (Phi) is 22.4. The predicted molar refractivity (Wildman–Crippen MR) is 139 cm³/mol. The van der Waals surface area contributed by atoms with Crippen LogP contribution in [0.2, 0.25) is 0 Å². The smallest absolute Gasteiger partial charge is 0.333 e. The molecule has 1 atom stereocenters. The second kappa shape index (κ2) is 23.1. The van der Waals surface area contributed by atoms with Crippen LogP contribution >= 0.6 is 0 Å². The number of carbonyl (C=O) groups excluding carboxylic acids is 1. The molecule has 1 rings (SSSR count). The Hall–Kier alpha value is -3.31. The topological polar surface area (TPSA) is 149 Å². The molecule has 37 heavy (non-hydrogen) atoms. The summed E-state index contributed by atoms with van der Waals surface area (Å²) in [6, 6.07) is 9.78. The van der Waals surface area contributed by atoms with Gasteiger partial charge in [-0.25, -0.2) is 14.4 Å². The Morgan fingerprint density at radius 2 is 1.51 bits per heavy atom. The van der Waals surface area contributed by atoms with Crippen LogP contribution in [-0.4, -0.2) is 79.2 Å². The van der Waals surface area contributed by atoms with Crippen LogP contribution in [0.4, 0.5) is 0 Å². The van der Waals surface area contributed by atoms with Crippen LogP contribution in [0.25, 0.3) is 0 Å². The molecule has 1 aromatic carbocycles. The molecule has 3 N–H and O–H groups in total. The van der Waals surface area contributed by atoms with Gasteiger partial charge < -0.3 is 34.3 Å². The molecule has 208 valence electrons. The van der Waals surface area contributed by atoms with Gasteiger partial charge in [0.25, 0.3) is 0 Å². The van der Waals surface area contributed by atoms with Crippen molar-refractivity contribution >= 4 is 17.9 Å². The maximum Gasteiger partial charge on any atom is 0.333 e. The highest BCUT2D eigenvalue weighted by molar-refractivity contribution is 5.87. The number of allylic oxidation sites excluding steroid dienone is 1. The molecule has 0 radical (unpaired) electrons. The first-order chi connectivity index (χ1) is 17.5. The molecule has 0 saturated heterocycles. The summed E-state index contributed by atoms with van der Waals surface area (Å²) in [6.45, 7) is 14.4. The van der Waals surface area contributed by atoms with Crippen molar-refractivity contribution in [3.8, 4) is 0 Å². The lowest BCUT2D eigenvalue weighted by atomic mass is 10.1. The number of aliphatic hydroxyl groups excluding tert-OH is 1. The van der Waals surface area contributed by atoms with E-state index in [0.717, 1.165) is 5.56 Å². The lowest BCUT2D eigenvalue weighted by Gasteiger charge is -2.17. The number of esters is 1. The van der Waals surface area contributed by atoms with E-state index >= 15 is 0 Å². The number of aliphatic hydroxyl groups is 1. The van der Waals surface area contributed by atoms with E-state index in [1.807, 2.05) is 37.3 Å².